The molecule has 1 fully saturated rings. The molecular weight excluding hydrogens is 324 g/mol. The highest BCUT2D eigenvalue weighted by molar-refractivity contribution is 9.10. The van der Waals surface area contributed by atoms with Crippen LogP contribution in [0.1, 0.15) is 24.8 Å². The molecule has 5 nitrogen and oxygen atoms in total. The van der Waals surface area contributed by atoms with Gasteiger partial charge in [0.25, 0.3) is 0 Å². The van der Waals surface area contributed by atoms with Gasteiger partial charge in [-0.05, 0) is 30.9 Å². The topological polar surface area (TPSA) is 69.6 Å². The Bertz CT molecular complexity index is 529. The summed E-state index contributed by atoms with van der Waals surface area (Å²) in [4.78, 5) is 24.8. The lowest BCUT2D eigenvalue weighted by Crippen LogP contribution is -2.61. The molecule has 1 aliphatic carbocycles. The van der Waals surface area contributed by atoms with Crippen LogP contribution in [0.5, 0.6) is 0 Å². The first-order valence-corrected chi connectivity index (χ1v) is 7.24. The maximum absolute atomic E-state index is 12.1. The minimum absolute atomic E-state index is 0.358. The SMILES string of the molecule is CN(Cc1ccccc1Br)C(=O)NC1(C(=O)O)CCC1. The standard InChI is InChI=1S/C14H17BrN2O3/c1-17(9-10-5-2-3-6-11(10)15)13(20)16-14(12(18)19)7-4-8-14/h2-3,5-6H,4,7-9H2,1H3,(H,16,20)(H,18,19). The summed E-state index contributed by atoms with van der Waals surface area (Å²) >= 11 is 3.43. The van der Waals surface area contributed by atoms with Crippen molar-refractivity contribution in [2.75, 3.05) is 7.05 Å². The van der Waals surface area contributed by atoms with Crippen molar-refractivity contribution in [2.45, 2.75) is 31.3 Å². The minimum atomic E-state index is -1.07. The number of carbonyl (C=O) groups excluding carboxylic acids is 1. The second-order valence-electron chi connectivity index (χ2n) is 5.12. The Kier molecular flexibility index (Phi) is 4.32. The van der Waals surface area contributed by atoms with Crippen LogP contribution in [0.15, 0.2) is 28.7 Å². The number of halogens is 1. The van der Waals surface area contributed by atoms with E-state index < -0.39 is 11.5 Å². The van der Waals surface area contributed by atoms with E-state index in [1.807, 2.05) is 24.3 Å². The molecule has 0 spiro atoms. The number of hydrogen-bond acceptors (Lipinski definition) is 2. The molecule has 2 N–H and O–H groups in total. The molecular formula is C14H17BrN2O3. The van der Waals surface area contributed by atoms with Crippen LogP contribution in [0.4, 0.5) is 4.79 Å². The van der Waals surface area contributed by atoms with Gasteiger partial charge in [-0.1, -0.05) is 34.1 Å². The van der Waals surface area contributed by atoms with Crippen molar-refractivity contribution in [3.8, 4) is 0 Å². The minimum Gasteiger partial charge on any atom is -0.480 e. The number of hydrogen-bond donors (Lipinski definition) is 2. The number of benzene rings is 1. The summed E-state index contributed by atoms with van der Waals surface area (Å²) in [7, 11) is 1.66. The van der Waals surface area contributed by atoms with Crippen LogP contribution in [0.25, 0.3) is 0 Å². The monoisotopic (exact) mass is 340 g/mol. The first kappa shape index (κ1) is 14.8. The van der Waals surface area contributed by atoms with Crippen LogP contribution in [0.2, 0.25) is 0 Å². The van der Waals surface area contributed by atoms with Gasteiger partial charge in [0.15, 0.2) is 0 Å². The van der Waals surface area contributed by atoms with E-state index in [0.717, 1.165) is 16.5 Å². The summed E-state index contributed by atoms with van der Waals surface area (Å²) in [6.07, 6.45) is 1.83. The fourth-order valence-corrected chi connectivity index (χ4v) is 2.59. The third-order valence-electron chi connectivity index (χ3n) is 3.67. The molecule has 1 aromatic rings. The summed E-state index contributed by atoms with van der Waals surface area (Å²) in [5.41, 5.74) is -0.0951. The quantitative estimate of drug-likeness (QED) is 0.884. The molecule has 0 bridgehead atoms. The fourth-order valence-electron chi connectivity index (χ4n) is 2.18. The summed E-state index contributed by atoms with van der Waals surface area (Å²) < 4.78 is 0.927. The molecule has 0 saturated heterocycles. The zero-order chi connectivity index (χ0) is 14.8. The predicted molar refractivity (Wildman–Crippen MR) is 78.4 cm³/mol. The van der Waals surface area contributed by atoms with Crippen LogP contribution >= 0.6 is 15.9 Å². The molecule has 6 heteroatoms. The van der Waals surface area contributed by atoms with Gasteiger partial charge in [0.1, 0.15) is 5.54 Å². The Morgan fingerprint density at radius 1 is 1.40 bits per heavy atom. The Morgan fingerprint density at radius 2 is 2.05 bits per heavy atom. The molecule has 0 aliphatic heterocycles. The molecule has 2 amide bonds. The van der Waals surface area contributed by atoms with Crippen LogP contribution < -0.4 is 5.32 Å². The van der Waals surface area contributed by atoms with Crippen LogP contribution in [-0.4, -0.2) is 34.6 Å². The number of carbonyl (C=O) groups is 2. The van der Waals surface area contributed by atoms with Crippen LogP contribution in [0, 0.1) is 0 Å². The first-order valence-electron chi connectivity index (χ1n) is 6.45. The van der Waals surface area contributed by atoms with Gasteiger partial charge in [-0.25, -0.2) is 9.59 Å². The van der Waals surface area contributed by atoms with Crippen molar-refractivity contribution in [3.05, 3.63) is 34.3 Å². The number of nitrogens with one attached hydrogen (secondary N) is 1. The highest BCUT2D eigenvalue weighted by atomic mass is 79.9. The van der Waals surface area contributed by atoms with Gasteiger partial charge in [0.05, 0.1) is 0 Å². The maximum atomic E-state index is 12.1. The zero-order valence-corrected chi connectivity index (χ0v) is 12.8. The molecule has 2 rings (SSSR count). The third-order valence-corrected chi connectivity index (χ3v) is 4.45. The second kappa shape index (κ2) is 5.83. The number of carboxylic acids is 1. The van der Waals surface area contributed by atoms with E-state index in [4.69, 9.17) is 0 Å². The average molecular weight is 341 g/mol. The van der Waals surface area contributed by atoms with E-state index in [-0.39, 0.29) is 6.03 Å². The van der Waals surface area contributed by atoms with Gasteiger partial charge in [-0.2, -0.15) is 0 Å². The molecule has 0 radical (unpaired) electrons. The van der Waals surface area contributed by atoms with E-state index in [1.165, 1.54) is 4.90 Å². The number of rotatable bonds is 4. The molecule has 0 unspecified atom stereocenters. The predicted octanol–water partition coefficient (Wildman–Crippen LogP) is 2.60. The van der Waals surface area contributed by atoms with Crippen molar-refractivity contribution in [2.24, 2.45) is 0 Å². The summed E-state index contributed by atoms with van der Waals surface area (Å²) in [6.45, 7) is 0.420. The van der Waals surface area contributed by atoms with Gasteiger partial charge in [0.2, 0.25) is 0 Å². The largest absolute Gasteiger partial charge is 0.480 e. The molecule has 0 heterocycles. The lowest BCUT2D eigenvalue weighted by atomic mass is 9.77. The zero-order valence-electron chi connectivity index (χ0n) is 11.2. The normalized spacial score (nSPS) is 16.1. The molecule has 1 aromatic carbocycles. The summed E-state index contributed by atoms with van der Waals surface area (Å²) in [5, 5.41) is 11.8. The van der Waals surface area contributed by atoms with Crippen LogP contribution in [-0.2, 0) is 11.3 Å². The molecule has 0 atom stereocenters. The van der Waals surface area contributed by atoms with Crippen molar-refractivity contribution in [1.29, 1.82) is 0 Å². The molecule has 108 valence electrons. The van der Waals surface area contributed by atoms with Gasteiger partial charge < -0.3 is 15.3 Å². The van der Waals surface area contributed by atoms with E-state index in [1.54, 1.807) is 7.05 Å². The Labute approximate surface area is 126 Å². The molecule has 20 heavy (non-hydrogen) atoms. The summed E-state index contributed by atoms with van der Waals surface area (Å²) in [6, 6.07) is 7.27. The van der Waals surface area contributed by atoms with Crippen molar-refractivity contribution < 1.29 is 14.7 Å². The Hall–Kier alpha value is -1.56. The Balaban J connectivity index is 1.99. The second-order valence-corrected chi connectivity index (χ2v) is 5.97. The van der Waals surface area contributed by atoms with Crippen molar-refractivity contribution >= 4 is 27.9 Å². The van der Waals surface area contributed by atoms with Crippen molar-refractivity contribution in [3.63, 3.8) is 0 Å². The van der Waals surface area contributed by atoms with Crippen molar-refractivity contribution in [1.82, 2.24) is 10.2 Å². The lowest BCUT2D eigenvalue weighted by Gasteiger charge is -2.39. The Morgan fingerprint density at radius 3 is 2.55 bits per heavy atom. The van der Waals surface area contributed by atoms with Gasteiger partial charge in [-0.15, -0.1) is 0 Å². The highest BCUT2D eigenvalue weighted by Crippen LogP contribution is 2.32. The molecule has 1 saturated carbocycles. The van der Waals surface area contributed by atoms with E-state index in [2.05, 4.69) is 21.2 Å². The van der Waals surface area contributed by atoms with E-state index >= 15 is 0 Å². The number of nitrogens with zero attached hydrogens (tertiary/aromatic N) is 1. The summed E-state index contributed by atoms with van der Waals surface area (Å²) in [5.74, 6) is -0.952. The van der Waals surface area contributed by atoms with E-state index in [9.17, 15) is 14.7 Å². The van der Waals surface area contributed by atoms with E-state index in [0.29, 0.717) is 19.4 Å². The number of urea groups is 1. The third kappa shape index (κ3) is 2.95. The lowest BCUT2D eigenvalue weighted by molar-refractivity contribution is -0.148. The molecule has 0 aromatic heterocycles. The van der Waals surface area contributed by atoms with Gasteiger partial charge in [0, 0.05) is 18.1 Å². The fraction of sp³-hybridized carbons (Fsp3) is 0.429. The van der Waals surface area contributed by atoms with Gasteiger partial charge >= 0.3 is 12.0 Å². The number of amides is 2. The smallest absolute Gasteiger partial charge is 0.329 e. The van der Waals surface area contributed by atoms with Crippen LogP contribution in [0.3, 0.4) is 0 Å². The molecule has 1 aliphatic rings. The highest BCUT2D eigenvalue weighted by Gasteiger charge is 2.46. The number of aliphatic carboxylic acids is 1. The maximum Gasteiger partial charge on any atom is 0.329 e. The number of carboxylic acid groups (broad SMARTS) is 1. The van der Waals surface area contributed by atoms with Gasteiger partial charge in [-0.3, -0.25) is 0 Å². The first-order chi connectivity index (χ1) is 9.44. The average Bonchev–Trinajstić information content (AvgIpc) is 2.35.